The number of ether oxygens (including phenoxy) is 1. The molecule has 0 spiro atoms. The Morgan fingerprint density at radius 1 is 0.895 bits per heavy atom. The van der Waals surface area contributed by atoms with Crippen LogP contribution in [0.25, 0.3) is 5.76 Å². The highest BCUT2D eigenvalue weighted by atomic mass is 35.5. The normalized spacial score (nSPS) is 16.5. The molecule has 1 aliphatic heterocycles. The number of carbonyl (C=O) groups is 2. The van der Waals surface area contributed by atoms with Crippen LogP contribution in [0.5, 0.6) is 5.75 Å². The second-order valence-electron chi connectivity index (χ2n) is 8.97. The minimum Gasteiger partial charge on any atom is -0.507 e. The predicted molar refractivity (Wildman–Crippen MR) is 150 cm³/mol. The van der Waals surface area contributed by atoms with Gasteiger partial charge in [0.15, 0.2) is 0 Å². The van der Waals surface area contributed by atoms with Gasteiger partial charge in [0.2, 0.25) is 0 Å². The van der Waals surface area contributed by atoms with Crippen LogP contribution in [0.4, 0.5) is 17.1 Å². The molecule has 1 aliphatic rings. The van der Waals surface area contributed by atoms with Gasteiger partial charge in [-0.05, 0) is 67.1 Å². The fourth-order valence-electron chi connectivity index (χ4n) is 4.62. The lowest BCUT2D eigenvalue weighted by molar-refractivity contribution is -0.132. The van der Waals surface area contributed by atoms with Gasteiger partial charge in [-0.2, -0.15) is 0 Å². The number of hydrogen-bond acceptors (Lipinski definition) is 5. The zero-order valence-corrected chi connectivity index (χ0v) is 21.6. The van der Waals surface area contributed by atoms with E-state index in [4.69, 9.17) is 16.3 Å². The number of aryl methyl sites for hydroxylation is 1. The molecule has 1 saturated heterocycles. The van der Waals surface area contributed by atoms with Crippen molar-refractivity contribution in [2.45, 2.75) is 13.0 Å². The van der Waals surface area contributed by atoms with Crippen LogP contribution in [0.15, 0.2) is 103 Å². The number of halogens is 1. The summed E-state index contributed by atoms with van der Waals surface area (Å²) >= 11 is 6.29. The van der Waals surface area contributed by atoms with Crippen molar-refractivity contribution < 1.29 is 19.4 Å². The lowest BCUT2D eigenvalue weighted by Crippen LogP contribution is -2.29. The van der Waals surface area contributed by atoms with Gasteiger partial charge in [0.1, 0.15) is 11.5 Å². The number of amides is 1. The Morgan fingerprint density at radius 3 is 2.26 bits per heavy atom. The molecule has 0 saturated carbocycles. The van der Waals surface area contributed by atoms with E-state index in [1.165, 1.54) is 18.1 Å². The van der Waals surface area contributed by atoms with E-state index in [1.807, 2.05) is 73.7 Å². The third-order valence-electron chi connectivity index (χ3n) is 6.44. The second-order valence-corrected chi connectivity index (χ2v) is 9.38. The highest BCUT2D eigenvalue weighted by Gasteiger charge is 2.47. The fourth-order valence-corrected chi connectivity index (χ4v) is 4.87. The van der Waals surface area contributed by atoms with E-state index >= 15 is 0 Å². The van der Waals surface area contributed by atoms with Crippen molar-refractivity contribution in [3.8, 4) is 5.75 Å². The SMILES string of the molecule is COc1ccc(/C(O)=C2/C(=O)C(=O)N(c3ccc(Nc4ccccc4)cc3)C2c2cccc(C)c2)cc1Cl. The molecule has 1 unspecified atom stereocenters. The minimum atomic E-state index is -0.830. The molecular formula is C31H25ClN2O4. The number of para-hydroxylation sites is 1. The summed E-state index contributed by atoms with van der Waals surface area (Å²) in [6.07, 6.45) is 0. The minimum absolute atomic E-state index is 0.00618. The molecule has 1 heterocycles. The molecule has 1 fully saturated rings. The monoisotopic (exact) mass is 524 g/mol. The van der Waals surface area contributed by atoms with Crippen LogP contribution in [0.1, 0.15) is 22.7 Å². The van der Waals surface area contributed by atoms with Crippen molar-refractivity contribution in [2.75, 3.05) is 17.3 Å². The molecule has 7 heteroatoms. The summed E-state index contributed by atoms with van der Waals surface area (Å²) in [5.74, 6) is -1.36. The van der Waals surface area contributed by atoms with Crippen LogP contribution in [-0.2, 0) is 9.59 Å². The molecule has 4 aromatic rings. The maximum absolute atomic E-state index is 13.4. The number of carbonyl (C=O) groups excluding carboxylic acids is 2. The molecule has 0 radical (unpaired) electrons. The third kappa shape index (κ3) is 4.74. The fraction of sp³-hybridized carbons (Fsp3) is 0.0968. The molecule has 0 aliphatic carbocycles. The van der Waals surface area contributed by atoms with E-state index in [0.717, 1.165) is 16.9 Å². The number of rotatable bonds is 6. The number of benzene rings is 4. The van der Waals surface area contributed by atoms with E-state index in [1.54, 1.807) is 24.3 Å². The standard InChI is InChI=1S/C31H25ClN2O4/c1-19-7-6-8-20(17-19)28-27(29(35)21-11-16-26(38-2)25(32)18-21)30(36)31(37)34(28)24-14-12-23(13-15-24)33-22-9-4-3-5-10-22/h3-18,28,33,35H,1-2H3/b29-27-. The van der Waals surface area contributed by atoms with Crippen LogP contribution < -0.4 is 15.0 Å². The Balaban J connectivity index is 1.60. The Kier molecular flexibility index (Phi) is 6.90. The van der Waals surface area contributed by atoms with Gasteiger partial charge in [0.05, 0.1) is 23.7 Å². The number of methoxy groups -OCH3 is 1. The third-order valence-corrected chi connectivity index (χ3v) is 6.73. The smallest absolute Gasteiger partial charge is 0.300 e. The molecular weight excluding hydrogens is 500 g/mol. The first kappa shape index (κ1) is 25.1. The quantitative estimate of drug-likeness (QED) is 0.161. The van der Waals surface area contributed by atoms with Gasteiger partial charge >= 0.3 is 0 Å². The van der Waals surface area contributed by atoms with Gasteiger partial charge in [-0.3, -0.25) is 14.5 Å². The van der Waals surface area contributed by atoms with Gasteiger partial charge in [-0.25, -0.2) is 0 Å². The molecule has 0 aromatic heterocycles. The van der Waals surface area contributed by atoms with Crippen molar-refractivity contribution in [1.29, 1.82) is 0 Å². The predicted octanol–water partition coefficient (Wildman–Crippen LogP) is 7.03. The number of aliphatic hydroxyl groups is 1. The molecule has 1 amide bonds. The van der Waals surface area contributed by atoms with Crippen molar-refractivity contribution in [3.63, 3.8) is 0 Å². The van der Waals surface area contributed by atoms with Crippen LogP contribution >= 0.6 is 11.6 Å². The van der Waals surface area contributed by atoms with Crippen molar-refractivity contribution >= 4 is 46.1 Å². The van der Waals surface area contributed by atoms with Crippen LogP contribution in [0, 0.1) is 6.92 Å². The maximum Gasteiger partial charge on any atom is 0.300 e. The average molecular weight is 525 g/mol. The largest absolute Gasteiger partial charge is 0.507 e. The first-order valence-electron chi connectivity index (χ1n) is 12.0. The number of ketones is 1. The molecule has 2 N–H and O–H groups in total. The lowest BCUT2D eigenvalue weighted by atomic mass is 9.94. The van der Waals surface area contributed by atoms with Gasteiger partial charge in [-0.15, -0.1) is 0 Å². The lowest BCUT2D eigenvalue weighted by Gasteiger charge is -2.26. The number of Topliss-reactive ketones (excluding diaryl/α,β-unsaturated/α-hetero) is 1. The number of anilines is 3. The van der Waals surface area contributed by atoms with E-state index < -0.39 is 17.7 Å². The van der Waals surface area contributed by atoms with Gasteiger partial charge in [-0.1, -0.05) is 59.6 Å². The van der Waals surface area contributed by atoms with Gasteiger partial charge in [0, 0.05) is 22.6 Å². The number of aliphatic hydroxyl groups excluding tert-OH is 1. The first-order valence-corrected chi connectivity index (χ1v) is 12.4. The first-order chi connectivity index (χ1) is 18.4. The molecule has 38 heavy (non-hydrogen) atoms. The molecule has 190 valence electrons. The highest BCUT2D eigenvalue weighted by Crippen LogP contribution is 2.43. The Morgan fingerprint density at radius 2 is 1.61 bits per heavy atom. The molecule has 6 nitrogen and oxygen atoms in total. The summed E-state index contributed by atoms with van der Waals surface area (Å²) in [4.78, 5) is 28.3. The van der Waals surface area contributed by atoms with Gasteiger partial charge < -0.3 is 15.2 Å². The van der Waals surface area contributed by atoms with Crippen LogP contribution in [-0.4, -0.2) is 23.9 Å². The second kappa shape index (κ2) is 10.4. The molecule has 5 rings (SSSR count). The van der Waals surface area contributed by atoms with E-state index in [0.29, 0.717) is 22.6 Å². The average Bonchev–Trinajstić information content (AvgIpc) is 3.19. The summed E-state index contributed by atoms with van der Waals surface area (Å²) in [6, 6.07) is 28.4. The van der Waals surface area contributed by atoms with Crippen molar-refractivity contribution in [2.24, 2.45) is 0 Å². The van der Waals surface area contributed by atoms with Crippen molar-refractivity contribution in [1.82, 2.24) is 0 Å². The maximum atomic E-state index is 13.4. The number of nitrogens with zero attached hydrogens (tertiary/aromatic N) is 1. The summed E-state index contributed by atoms with van der Waals surface area (Å²) < 4.78 is 5.20. The summed E-state index contributed by atoms with van der Waals surface area (Å²) in [5, 5.41) is 14.9. The van der Waals surface area contributed by atoms with Crippen LogP contribution in [0.3, 0.4) is 0 Å². The highest BCUT2D eigenvalue weighted by molar-refractivity contribution is 6.51. The molecule has 4 aromatic carbocycles. The molecule has 0 bridgehead atoms. The summed E-state index contributed by atoms with van der Waals surface area (Å²) in [5.41, 5.74) is 4.26. The van der Waals surface area contributed by atoms with E-state index in [-0.39, 0.29) is 16.4 Å². The van der Waals surface area contributed by atoms with Gasteiger partial charge in [0.25, 0.3) is 11.7 Å². The van der Waals surface area contributed by atoms with E-state index in [2.05, 4.69) is 5.32 Å². The number of hydrogen-bond donors (Lipinski definition) is 2. The molecule has 1 atom stereocenters. The Hall–Kier alpha value is -4.55. The Labute approximate surface area is 225 Å². The Bertz CT molecular complexity index is 1550. The zero-order chi connectivity index (χ0) is 26.8. The van der Waals surface area contributed by atoms with Crippen molar-refractivity contribution in [3.05, 3.63) is 124 Å². The summed E-state index contributed by atoms with van der Waals surface area (Å²) in [7, 11) is 1.49. The number of nitrogens with one attached hydrogen (secondary N) is 1. The summed E-state index contributed by atoms with van der Waals surface area (Å²) in [6.45, 7) is 1.93. The zero-order valence-electron chi connectivity index (χ0n) is 20.8. The van der Waals surface area contributed by atoms with Crippen LogP contribution in [0.2, 0.25) is 5.02 Å². The topological polar surface area (TPSA) is 78.9 Å². The van der Waals surface area contributed by atoms with E-state index in [9.17, 15) is 14.7 Å².